The Balaban J connectivity index is 1.94. The number of carbonyl (C=O) groups is 1. The predicted molar refractivity (Wildman–Crippen MR) is 117 cm³/mol. The van der Waals surface area contributed by atoms with Crippen molar-refractivity contribution < 1.29 is 22.5 Å². The van der Waals surface area contributed by atoms with E-state index in [4.69, 9.17) is 4.74 Å². The highest BCUT2D eigenvalue weighted by atomic mass is 127. The Hall–Kier alpha value is -0.720. The van der Waals surface area contributed by atoms with E-state index in [2.05, 4.69) is 45.2 Å². The van der Waals surface area contributed by atoms with Gasteiger partial charge in [0, 0.05) is 3.57 Å². The monoisotopic (exact) mass is 611 g/mol. The van der Waals surface area contributed by atoms with Crippen LogP contribution in [0.1, 0.15) is 53.9 Å². The minimum Gasteiger partial charge on any atom is -0.744 e. The molecule has 0 radical (unpaired) electrons. The first-order chi connectivity index (χ1) is 12.8. The first-order valence-electron chi connectivity index (χ1n) is 8.53. The number of ether oxygens (including phenoxy) is 1. The molecule has 8 heteroatoms. The summed E-state index contributed by atoms with van der Waals surface area (Å²) in [5.74, 6) is -0.148. The lowest BCUT2D eigenvalue weighted by Crippen LogP contribution is -2.14. The van der Waals surface area contributed by atoms with Gasteiger partial charge in [0.25, 0.3) is 0 Å². The van der Waals surface area contributed by atoms with Crippen LogP contribution in [0.25, 0.3) is 0 Å². The van der Waals surface area contributed by atoms with Gasteiger partial charge in [-0.3, -0.25) is 0 Å². The highest BCUT2D eigenvalue weighted by molar-refractivity contribution is 14.1. The van der Waals surface area contributed by atoms with Crippen LogP contribution < -0.4 is 4.74 Å². The normalized spacial score (nSPS) is 15.5. The molecular formula is C19H17I2O5S-. The minimum absolute atomic E-state index is 0.0244. The third-order valence-electron chi connectivity index (χ3n) is 4.66. The van der Waals surface area contributed by atoms with Crippen LogP contribution in [0.3, 0.4) is 0 Å². The Kier molecular flexibility index (Phi) is 6.80. The smallest absolute Gasteiger partial charge is 0.343 e. The van der Waals surface area contributed by atoms with Crippen LogP contribution >= 0.6 is 45.2 Å². The van der Waals surface area contributed by atoms with Crippen molar-refractivity contribution in [3.05, 3.63) is 54.7 Å². The van der Waals surface area contributed by atoms with Gasteiger partial charge in [-0.1, -0.05) is 19.3 Å². The van der Waals surface area contributed by atoms with Gasteiger partial charge in [-0.15, -0.1) is 0 Å². The molecule has 1 fully saturated rings. The number of benzene rings is 2. The van der Waals surface area contributed by atoms with Gasteiger partial charge in [-0.25, -0.2) is 13.2 Å². The van der Waals surface area contributed by atoms with Crippen molar-refractivity contribution in [2.75, 3.05) is 0 Å². The first kappa shape index (κ1) is 21.0. The van der Waals surface area contributed by atoms with E-state index in [-0.39, 0.29) is 16.4 Å². The van der Waals surface area contributed by atoms with Gasteiger partial charge >= 0.3 is 5.97 Å². The fourth-order valence-electron chi connectivity index (χ4n) is 3.35. The largest absolute Gasteiger partial charge is 0.744 e. The van der Waals surface area contributed by atoms with Crippen molar-refractivity contribution in [3.8, 4) is 5.75 Å². The molecule has 0 bridgehead atoms. The molecule has 1 aliphatic carbocycles. The van der Waals surface area contributed by atoms with E-state index >= 15 is 0 Å². The van der Waals surface area contributed by atoms with Gasteiger partial charge in [0.1, 0.15) is 15.9 Å². The summed E-state index contributed by atoms with van der Waals surface area (Å²) in [6, 6.07) is 9.56. The molecule has 0 saturated heterocycles. The Morgan fingerprint density at radius 2 is 1.74 bits per heavy atom. The second-order valence-corrected chi connectivity index (χ2v) is 10.3. The van der Waals surface area contributed by atoms with Gasteiger partial charge in [0.2, 0.25) is 0 Å². The molecule has 0 unspecified atom stereocenters. The summed E-state index contributed by atoms with van der Waals surface area (Å²) >= 11 is 4.27. The highest BCUT2D eigenvalue weighted by Crippen LogP contribution is 2.36. The Labute approximate surface area is 185 Å². The summed E-state index contributed by atoms with van der Waals surface area (Å²) in [5.41, 5.74) is 0.689. The molecule has 2 aromatic carbocycles. The lowest BCUT2D eigenvalue weighted by Gasteiger charge is -2.25. The molecule has 0 spiro atoms. The van der Waals surface area contributed by atoms with E-state index in [1.807, 2.05) is 12.1 Å². The molecule has 0 N–H and O–H groups in total. The molecule has 0 heterocycles. The maximum Gasteiger partial charge on any atom is 0.343 e. The summed E-state index contributed by atoms with van der Waals surface area (Å²) in [6.07, 6.45) is 4.70. The third-order valence-corrected chi connectivity index (χ3v) is 7.08. The zero-order chi connectivity index (χ0) is 19.6. The fourth-order valence-corrected chi connectivity index (χ4v) is 5.81. The zero-order valence-electron chi connectivity index (χ0n) is 14.3. The van der Waals surface area contributed by atoms with Crippen molar-refractivity contribution in [1.29, 1.82) is 0 Å². The van der Waals surface area contributed by atoms with Gasteiger partial charge in [-0.05, 0) is 106 Å². The SMILES string of the molecule is O=C(Oc1ccc(I)cc1I)c1ccc(S(=O)(=O)[O-])c(C2CCCCC2)c1. The molecule has 0 atom stereocenters. The molecule has 3 rings (SSSR count). The fraction of sp³-hybridized carbons (Fsp3) is 0.316. The molecule has 5 nitrogen and oxygen atoms in total. The lowest BCUT2D eigenvalue weighted by atomic mass is 9.83. The summed E-state index contributed by atoms with van der Waals surface area (Å²) in [7, 11) is -4.60. The Morgan fingerprint density at radius 1 is 1.04 bits per heavy atom. The molecule has 27 heavy (non-hydrogen) atoms. The number of hydrogen-bond donors (Lipinski definition) is 0. The van der Waals surface area contributed by atoms with Crippen LogP contribution in [0.5, 0.6) is 5.75 Å². The van der Waals surface area contributed by atoms with E-state index < -0.39 is 16.1 Å². The Bertz CT molecular complexity index is 966. The number of halogens is 2. The van der Waals surface area contributed by atoms with Crippen LogP contribution in [-0.2, 0) is 10.1 Å². The molecule has 2 aromatic rings. The topological polar surface area (TPSA) is 83.5 Å². The summed E-state index contributed by atoms with van der Waals surface area (Å²) in [6.45, 7) is 0. The molecule has 0 aromatic heterocycles. The van der Waals surface area contributed by atoms with Crippen LogP contribution in [0.15, 0.2) is 41.3 Å². The van der Waals surface area contributed by atoms with E-state index in [0.29, 0.717) is 11.3 Å². The van der Waals surface area contributed by atoms with E-state index in [1.165, 1.54) is 18.2 Å². The third kappa shape index (κ3) is 5.21. The van der Waals surface area contributed by atoms with Crippen molar-refractivity contribution in [2.24, 2.45) is 0 Å². The van der Waals surface area contributed by atoms with Gasteiger partial charge in [0.15, 0.2) is 0 Å². The number of esters is 1. The zero-order valence-corrected chi connectivity index (χ0v) is 19.4. The lowest BCUT2D eigenvalue weighted by molar-refractivity contribution is 0.0733. The molecule has 144 valence electrons. The second-order valence-electron chi connectivity index (χ2n) is 6.51. The Morgan fingerprint density at radius 3 is 2.37 bits per heavy atom. The van der Waals surface area contributed by atoms with Crippen LogP contribution in [-0.4, -0.2) is 18.9 Å². The standard InChI is InChI=1S/C19H18I2O5S/c20-14-7-8-17(16(21)11-14)26-19(22)13-6-9-18(27(23,24)25)15(10-13)12-4-2-1-3-5-12/h6-12H,1-5H2,(H,23,24,25)/p-1. The molecule has 0 amide bonds. The van der Waals surface area contributed by atoms with Gasteiger partial charge in [-0.2, -0.15) is 0 Å². The number of carbonyl (C=O) groups excluding carboxylic acids is 1. The van der Waals surface area contributed by atoms with Crippen molar-refractivity contribution in [3.63, 3.8) is 0 Å². The molecule has 1 aliphatic rings. The van der Waals surface area contributed by atoms with Crippen LogP contribution in [0, 0.1) is 7.14 Å². The summed E-state index contributed by atoms with van der Waals surface area (Å²) in [4.78, 5) is 12.4. The number of rotatable bonds is 4. The second kappa shape index (κ2) is 8.75. The van der Waals surface area contributed by atoms with Crippen LogP contribution in [0.2, 0.25) is 0 Å². The van der Waals surface area contributed by atoms with Crippen molar-refractivity contribution in [2.45, 2.75) is 42.9 Å². The maximum absolute atomic E-state index is 12.6. The first-order valence-corrected chi connectivity index (χ1v) is 12.1. The molecular weight excluding hydrogens is 594 g/mol. The van der Waals surface area contributed by atoms with Gasteiger partial charge < -0.3 is 9.29 Å². The van der Waals surface area contributed by atoms with E-state index in [0.717, 1.165) is 39.2 Å². The summed E-state index contributed by atoms with van der Waals surface area (Å²) < 4.78 is 42.3. The van der Waals surface area contributed by atoms with Crippen molar-refractivity contribution in [1.82, 2.24) is 0 Å². The quantitative estimate of drug-likeness (QED) is 0.209. The summed E-state index contributed by atoms with van der Waals surface area (Å²) in [5, 5.41) is 0. The highest BCUT2D eigenvalue weighted by Gasteiger charge is 2.23. The van der Waals surface area contributed by atoms with Crippen LogP contribution in [0.4, 0.5) is 0 Å². The number of hydrogen-bond acceptors (Lipinski definition) is 5. The average Bonchev–Trinajstić information content (AvgIpc) is 2.63. The predicted octanol–water partition coefficient (Wildman–Crippen LogP) is 5.07. The molecule has 0 aliphatic heterocycles. The van der Waals surface area contributed by atoms with Gasteiger partial charge in [0.05, 0.1) is 14.0 Å². The van der Waals surface area contributed by atoms with E-state index in [9.17, 15) is 17.8 Å². The minimum atomic E-state index is -4.60. The maximum atomic E-state index is 12.6. The average molecular weight is 611 g/mol. The van der Waals surface area contributed by atoms with E-state index in [1.54, 1.807) is 6.07 Å². The van der Waals surface area contributed by atoms with Crippen molar-refractivity contribution >= 4 is 61.3 Å². The molecule has 1 saturated carbocycles.